The second kappa shape index (κ2) is 4.37. The van der Waals surface area contributed by atoms with Gasteiger partial charge in [0.15, 0.2) is 5.54 Å². The van der Waals surface area contributed by atoms with Gasteiger partial charge in [0, 0.05) is 18.9 Å². The molecular weight excluding hydrogens is 387 g/mol. The summed E-state index contributed by atoms with van der Waals surface area (Å²) in [6, 6.07) is 3.64. The fourth-order valence-electron chi connectivity index (χ4n) is 6.89. The van der Waals surface area contributed by atoms with Gasteiger partial charge in [0.2, 0.25) is 0 Å². The SMILES string of the molecule is C=CC1[C@]23C[C@@H]2C3C[C@@]2(C)[C@]13C(=O)N(NC(=O)c1ccc(C(F)(F)F)cc1)[N+]23[O-]. The van der Waals surface area contributed by atoms with Gasteiger partial charge in [-0.25, -0.2) is 10.2 Å². The van der Waals surface area contributed by atoms with E-state index in [4.69, 9.17) is 0 Å². The van der Waals surface area contributed by atoms with Crippen LogP contribution in [0.2, 0.25) is 0 Å². The van der Waals surface area contributed by atoms with Crippen molar-refractivity contribution in [2.24, 2.45) is 23.2 Å². The third-order valence-electron chi connectivity index (χ3n) is 8.45. The van der Waals surface area contributed by atoms with Crippen molar-refractivity contribution >= 4 is 11.8 Å². The van der Waals surface area contributed by atoms with E-state index < -0.39 is 39.4 Å². The fourth-order valence-corrected chi connectivity index (χ4v) is 6.89. The molecule has 5 fully saturated rings. The Bertz CT molecular complexity index is 1030. The van der Waals surface area contributed by atoms with Gasteiger partial charge in [-0.2, -0.15) is 13.2 Å². The van der Waals surface area contributed by atoms with E-state index in [-0.39, 0.29) is 16.9 Å². The van der Waals surface area contributed by atoms with Crippen LogP contribution >= 0.6 is 0 Å². The molecule has 1 aromatic carbocycles. The molecule has 9 heteroatoms. The Hall–Kier alpha value is -2.39. The van der Waals surface area contributed by atoms with Gasteiger partial charge in [0.05, 0.1) is 11.5 Å². The minimum absolute atomic E-state index is 0.0465. The number of hydrazine groups is 1. The van der Waals surface area contributed by atoms with Crippen LogP contribution in [0.3, 0.4) is 0 Å². The van der Waals surface area contributed by atoms with Crippen molar-refractivity contribution in [1.82, 2.24) is 10.5 Å². The predicted molar refractivity (Wildman–Crippen MR) is 92.9 cm³/mol. The number of nitrogens with one attached hydrogen (secondary N) is 1. The number of hydrogen-bond acceptors (Lipinski definition) is 3. The van der Waals surface area contributed by atoms with Gasteiger partial charge in [-0.1, -0.05) is 11.2 Å². The number of rotatable bonds is 3. The zero-order chi connectivity index (χ0) is 20.8. The number of carbonyl (C=O) groups is 2. The summed E-state index contributed by atoms with van der Waals surface area (Å²) in [6.07, 6.45) is -1.10. The number of halogens is 3. The van der Waals surface area contributed by atoms with Crippen molar-refractivity contribution in [2.75, 3.05) is 0 Å². The Balaban J connectivity index is 1.27. The molecule has 0 bridgehead atoms. The highest BCUT2D eigenvalue weighted by atomic mass is 19.4. The summed E-state index contributed by atoms with van der Waals surface area (Å²) in [4.78, 5) is 25.6. The molecule has 3 unspecified atom stereocenters. The van der Waals surface area contributed by atoms with E-state index in [1.165, 1.54) is 0 Å². The maximum absolute atomic E-state index is 13.7. The molecule has 3 saturated carbocycles. The Morgan fingerprint density at radius 2 is 1.93 bits per heavy atom. The minimum Gasteiger partial charge on any atom is -0.603 e. The first-order valence-corrected chi connectivity index (χ1v) is 9.58. The molecule has 2 aliphatic heterocycles. The van der Waals surface area contributed by atoms with Crippen molar-refractivity contribution in [1.29, 1.82) is 0 Å². The van der Waals surface area contributed by atoms with Crippen LogP contribution in [0.4, 0.5) is 13.2 Å². The monoisotopic (exact) mass is 405 g/mol. The third kappa shape index (κ3) is 1.47. The van der Waals surface area contributed by atoms with E-state index in [2.05, 4.69) is 12.0 Å². The Morgan fingerprint density at radius 1 is 1.31 bits per heavy atom. The van der Waals surface area contributed by atoms with Crippen LogP contribution < -0.4 is 5.43 Å². The lowest BCUT2D eigenvalue weighted by atomic mass is 9.66. The molecule has 2 saturated heterocycles. The summed E-state index contributed by atoms with van der Waals surface area (Å²) in [7, 11) is 0. The largest absolute Gasteiger partial charge is 0.603 e. The highest BCUT2D eigenvalue weighted by Crippen LogP contribution is 2.95. The lowest BCUT2D eigenvalue weighted by molar-refractivity contribution is -0.943. The second-order valence-electron chi connectivity index (χ2n) is 9.20. The van der Waals surface area contributed by atoms with Crippen molar-refractivity contribution in [3.05, 3.63) is 53.3 Å². The number of amides is 2. The van der Waals surface area contributed by atoms with Crippen LogP contribution in [0.5, 0.6) is 0 Å². The van der Waals surface area contributed by atoms with E-state index >= 15 is 0 Å². The van der Waals surface area contributed by atoms with Crippen molar-refractivity contribution in [3.8, 4) is 0 Å². The van der Waals surface area contributed by atoms with Gasteiger partial charge in [-0.05, 0) is 47.9 Å². The van der Waals surface area contributed by atoms with Gasteiger partial charge in [0.25, 0.3) is 11.4 Å². The molecule has 152 valence electrons. The van der Waals surface area contributed by atoms with Crippen LogP contribution in [-0.2, 0) is 11.0 Å². The first-order chi connectivity index (χ1) is 13.5. The Labute approximate surface area is 164 Å². The maximum Gasteiger partial charge on any atom is 0.416 e. The molecule has 0 radical (unpaired) electrons. The predicted octanol–water partition coefficient (Wildman–Crippen LogP) is 2.78. The molecule has 2 heterocycles. The van der Waals surface area contributed by atoms with E-state index in [1.54, 1.807) is 13.0 Å². The molecular formula is C20H18F3N3O3. The average Bonchev–Trinajstić information content (AvgIpc) is 3.59. The van der Waals surface area contributed by atoms with Gasteiger partial charge in [-0.15, -0.1) is 6.58 Å². The summed E-state index contributed by atoms with van der Waals surface area (Å²) in [6.45, 7) is 5.68. The van der Waals surface area contributed by atoms with Crippen LogP contribution in [0.1, 0.15) is 35.7 Å². The normalized spacial score (nSPS) is 47.7. The van der Waals surface area contributed by atoms with E-state index in [1.807, 2.05) is 0 Å². The maximum atomic E-state index is 13.7. The molecule has 6 rings (SSSR count). The first-order valence-electron chi connectivity index (χ1n) is 9.58. The lowest BCUT2D eigenvalue weighted by Crippen LogP contribution is -2.74. The molecule has 2 amide bonds. The summed E-state index contributed by atoms with van der Waals surface area (Å²) in [5.74, 6) is -0.388. The van der Waals surface area contributed by atoms with E-state index in [9.17, 15) is 28.0 Å². The number of benzene rings is 1. The van der Waals surface area contributed by atoms with Crippen LogP contribution in [0.25, 0.3) is 0 Å². The number of quaternary nitrogens is 1. The smallest absolute Gasteiger partial charge is 0.416 e. The molecule has 1 aromatic rings. The van der Waals surface area contributed by atoms with E-state index in [0.717, 1.165) is 35.8 Å². The number of hydrogen-bond donors (Lipinski definition) is 1. The topological polar surface area (TPSA) is 72.5 Å². The van der Waals surface area contributed by atoms with Gasteiger partial charge >= 0.3 is 12.1 Å². The zero-order valence-electron chi connectivity index (χ0n) is 15.5. The molecule has 2 spiro atoms. The van der Waals surface area contributed by atoms with Crippen molar-refractivity contribution < 1.29 is 27.5 Å². The zero-order valence-corrected chi connectivity index (χ0v) is 15.5. The van der Waals surface area contributed by atoms with Gasteiger partial charge in [-0.3, -0.25) is 9.59 Å². The summed E-state index contributed by atoms with van der Waals surface area (Å²) < 4.78 is 37.2. The number of fused-ring (bicyclic) bond motifs is 2. The third-order valence-corrected chi connectivity index (χ3v) is 8.45. The fraction of sp³-hybridized carbons (Fsp3) is 0.500. The summed E-state index contributed by atoms with van der Waals surface area (Å²) in [5, 5.41) is 14.5. The standard InChI is InChI=1S/C20H18F3N3O3/c1-3-14-18-9-13(18)12(18)8-17(2)19(14)16(28)25(26(17,19)29)24-15(27)10-4-6-11(7-5-10)20(21,22)23/h3-7,12-14H,1,8-9H2,2H3,(H,24,27)/t12?,13-,14?,17+,18+,19-,26?/m1/s1. The molecule has 5 aliphatic rings. The number of carbonyl (C=O) groups excluding carboxylic acids is 2. The highest BCUT2D eigenvalue weighted by Gasteiger charge is 3.09. The van der Waals surface area contributed by atoms with Crippen LogP contribution in [0, 0.1) is 28.4 Å². The van der Waals surface area contributed by atoms with Gasteiger partial charge in [0.1, 0.15) is 0 Å². The Kier molecular flexibility index (Phi) is 2.63. The number of alkyl halides is 3. The number of nitrogens with zero attached hydrogens (tertiary/aromatic N) is 2. The molecule has 29 heavy (non-hydrogen) atoms. The lowest BCUT2D eigenvalue weighted by Gasteiger charge is -2.47. The number of hydroxylamine groups is 2. The molecule has 6 nitrogen and oxygen atoms in total. The average molecular weight is 405 g/mol. The van der Waals surface area contributed by atoms with Crippen LogP contribution in [0.15, 0.2) is 36.9 Å². The van der Waals surface area contributed by atoms with Crippen LogP contribution in [-0.4, -0.2) is 32.8 Å². The molecule has 1 N–H and O–H groups in total. The summed E-state index contributed by atoms with van der Waals surface area (Å²) in [5.41, 5.74) is -0.506. The van der Waals surface area contributed by atoms with Crippen molar-refractivity contribution in [3.63, 3.8) is 0 Å². The Morgan fingerprint density at radius 3 is 2.48 bits per heavy atom. The molecule has 3 aliphatic carbocycles. The van der Waals surface area contributed by atoms with Gasteiger partial charge < -0.3 is 5.21 Å². The highest BCUT2D eigenvalue weighted by molar-refractivity contribution is 6.00. The summed E-state index contributed by atoms with van der Waals surface area (Å²) >= 11 is 0. The van der Waals surface area contributed by atoms with E-state index in [0.29, 0.717) is 18.3 Å². The van der Waals surface area contributed by atoms with Crippen molar-refractivity contribution in [2.45, 2.75) is 37.0 Å². The second-order valence-corrected chi connectivity index (χ2v) is 9.20. The quantitative estimate of drug-likeness (QED) is 0.364. The molecule has 0 aromatic heterocycles. The minimum atomic E-state index is -4.51. The first kappa shape index (κ1) is 17.5. The molecule has 7 atom stereocenters.